The number of nitrogens with two attached hydrogens (primary N) is 1. The number of rotatable bonds is 7. The van der Waals surface area contributed by atoms with Gasteiger partial charge in [0, 0.05) is 30.7 Å². The van der Waals surface area contributed by atoms with Crippen molar-refractivity contribution in [3.05, 3.63) is 34.3 Å². The zero-order valence-corrected chi connectivity index (χ0v) is 13.0. The summed E-state index contributed by atoms with van der Waals surface area (Å²) in [5.74, 6) is 0.428. The van der Waals surface area contributed by atoms with Gasteiger partial charge in [-0.2, -0.15) is 0 Å². The van der Waals surface area contributed by atoms with Crippen molar-refractivity contribution in [1.29, 1.82) is 0 Å². The fraction of sp³-hybridized carbons (Fsp3) is 0.571. The van der Waals surface area contributed by atoms with Crippen molar-refractivity contribution < 1.29 is 4.74 Å². The second kappa shape index (κ2) is 7.89. The molecule has 0 aliphatic heterocycles. The molecule has 1 rings (SSSR count). The summed E-state index contributed by atoms with van der Waals surface area (Å²) >= 11 is 3.50. The van der Waals surface area contributed by atoms with Gasteiger partial charge in [-0.3, -0.25) is 4.90 Å². The molecule has 18 heavy (non-hydrogen) atoms. The Balaban J connectivity index is 2.64. The second-order valence-electron chi connectivity index (χ2n) is 4.78. The number of likely N-dealkylation sites (N-methyl/N-ethyl adjacent to an activating group) is 1. The molecular formula is C14H23BrN2O. The van der Waals surface area contributed by atoms with E-state index in [1.807, 2.05) is 6.07 Å². The topological polar surface area (TPSA) is 38.5 Å². The van der Waals surface area contributed by atoms with E-state index in [2.05, 4.69) is 53.0 Å². The number of halogens is 1. The molecule has 1 aromatic carbocycles. The third-order valence-electron chi connectivity index (χ3n) is 3.22. The van der Waals surface area contributed by atoms with Crippen LogP contribution in [0.4, 0.5) is 0 Å². The van der Waals surface area contributed by atoms with Crippen LogP contribution in [0.3, 0.4) is 0 Å². The van der Waals surface area contributed by atoms with Crippen LogP contribution in [0.2, 0.25) is 0 Å². The van der Waals surface area contributed by atoms with E-state index in [0.29, 0.717) is 18.5 Å². The lowest BCUT2D eigenvalue weighted by atomic mass is 10.0. The average Bonchev–Trinajstić information content (AvgIpc) is 2.30. The van der Waals surface area contributed by atoms with Crippen LogP contribution in [-0.2, 0) is 11.3 Å². The monoisotopic (exact) mass is 314 g/mol. The van der Waals surface area contributed by atoms with E-state index in [4.69, 9.17) is 10.5 Å². The molecule has 0 saturated heterocycles. The molecule has 0 saturated carbocycles. The van der Waals surface area contributed by atoms with Crippen molar-refractivity contribution >= 4 is 15.9 Å². The molecule has 0 aliphatic carbocycles. The Morgan fingerprint density at radius 1 is 1.44 bits per heavy atom. The Kier molecular flexibility index (Phi) is 6.86. The van der Waals surface area contributed by atoms with Gasteiger partial charge < -0.3 is 10.5 Å². The maximum absolute atomic E-state index is 5.88. The van der Waals surface area contributed by atoms with Gasteiger partial charge >= 0.3 is 0 Å². The van der Waals surface area contributed by atoms with Gasteiger partial charge in [-0.05, 0) is 30.7 Å². The molecule has 102 valence electrons. The summed E-state index contributed by atoms with van der Waals surface area (Å²) in [6.07, 6.45) is 0. The Bertz CT molecular complexity index is 359. The molecule has 0 amide bonds. The van der Waals surface area contributed by atoms with Gasteiger partial charge in [-0.25, -0.2) is 0 Å². The zero-order valence-electron chi connectivity index (χ0n) is 11.4. The van der Waals surface area contributed by atoms with Crippen LogP contribution >= 0.6 is 15.9 Å². The van der Waals surface area contributed by atoms with E-state index in [-0.39, 0.29) is 0 Å². The molecule has 2 atom stereocenters. The van der Waals surface area contributed by atoms with Gasteiger partial charge in [0.25, 0.3) is 0 Å². The smallest absolute Gasteiger partial charge is 0.0503 e. The van der Waals surface area contributed by atoms with E-state index < -0.39 is 0 Å². The number of hydrogen-bond donors (Lipinski definition) is 1. The molecule has 0 aromatic heterocycles. The summed E-state index contributed by atoms with van der Waals surface area (Å²) < 4.78 is 6.33. The molecule has 0 fully saturated rings. The Labute approximate surface area is 118 Å². The summed E-state index contributed by atoms with van der Waals surface area (Å²) in [4.78, 5) is 2.30. The lowest BCUT2D eigenvalue weighted by molar-refractivity contribution is 0.0953. The van der Waals surface area contributed by atoms with E-state index in [1.54, 1.807) is 7.11 Å². The van der Waals surface area contributed by atoms with E-state index in [0.717, 1.165) is 17.6 Å². The number of ether oxygens (including phenoxy) is 1. The lowest BCUT2D eigenvalue weighted by Gasteiger charge is -2.31. The number of hydrogen-bond acceptors (Lipinski definition) is 3. The van der Waals surface area contributed by atoms with Crippen molar-refractivity contribution in [2.24, 2.45) is 11.7 Å². The van der Waals surface area contributed by atoms with Crippen LogP contribution in [0.1, 0.15) is 12.5 Å². The van der Waals surface area contributed by atoms with E-state index in [9.17, 15) is 0 Å². The molecule has 0 spiro atoms. The first kappa shape index (κ1) is 15.6. The first-order valence-corrected chi connectivity index (χ1v) is 7.01. The molecule has 3 nitrogen and oxygen atoms in total. The standard InChI is InChI=1S/C14H23BrN2O/c1-11(10-18-3)14(8-16)17(2)9-12-5-4-6-13(15)7-12/h4-7,11,14H,8-10,16H2,1-3H3. The van der Waals surface area contributed by atoms with Gasteiger partial charge in [0.2, 0.25) is 0 Å². The van der Waals surface area contributed by atoms with Crippen LogP contribution in [0.15, 0.2) is 28.7 Å². The molecule has 0 radical (unpaired) electrons. The zero-order chi connectivity index (χ0) is 13.5. The first-order valence-electron chi connectivity index (χ1n) is 6.22. The van der Waals surface area contributed by atoms with E-state index >= 15 is 0 Å². The molecule has 1 aromatic rings. The maximum atomic E-state index is 5.88. The Hall–Kier alpha value is -0.420. The van der Waals surface area contributed by atoms with Crippen molar-refractivity contribution in [2.45, 2.75) is 19.5 Å². The van der Waals surface area contributed by atoms with Gasteiger partial charge in [0.1, 0.15) is 0 Å². The van der Waals surface area contributed by atoms with Crippen LogP contribution in [0.5, 0.6) is 0 Å². The van der Waals surface area contributed by atoms with Gasteiger partial charge in [0.15, 0.2) is 0 Å². The number of benzene rings is 1. The van der Waals surface area contributed by atoms with Crippen molar-refractivity contribution in [2.75, 3.05) is 27.3 Å². The molecule has 2 unspecified atom stereocenters. The van der Waals surface area contributed by atoms with Crippen molar-refractivity contribution in [1.82, 2.24) is 4.90 Å². The Morgan fingerprint density at radius 2 is 2.17 bits per heavy atom. The summed E-state index contributed by atoms with van der Waals surface area (Å²) in [7, 11) is 3.85. The molecular weight excluding hydrogens is 292 g/mol. The minimum absolute atomic E-state index is 0.337. The molecule has 0 heterocycles. The fourth-order valence-corrected chi connectivity index (χ4v) is 2.71. The van der Waals surface area contributed by atoms with Crippen LogP contribution in [0, 0.1) is 5.92 Å². The highest BCUT2D eigenvalue weighted by molar-refractivity contribution is 9.10. The predicted octanol–water partition coefficient (Wildman–Crippen LogP) is 2.49. The third kappa shape index (κ3) is 4.69. The minimum atomic E-state index is 0.337. The Morgan fingerprint density at radius 3 is 2.72 bits per heavy atom. The summed E-state index contributed by atoms with van der Waals surface area (Å²) in [5.41, 5.74) is 7.17. The quantitative estimate of drug-likeness (QED) is 0.840. The summed E-state index contributed by atoms with van der Waals surface area (Å²) in [6, 6.07) is 8.71. The SMILES string of the molecule is COCC(C)C(CN)N(C)Cc1cccc(Br)c1. The van der Waals surface area contributed by atoms with Gasteiger partial charge in [-0.15, -0.1) is 0 Å². The normalized spacial score (nSPS) is 14.8. The van der Waals surface area contributed by atoms with Crippen LogP contribution in [-0.4, -0.2) is 38.3 Å². The summed E-state index contributed by atoms with van der Waals surface area (Å²) in [5, 5.41) is 0. The highest BCUT2D eigenvalue weighted by Crippen LogP contribution is 2.16. The minimum Gasteiger partial charge on any atom is -0.384 e. The van der Waals surface area contributed by atoms with Crippen molar-refractivity contribution in [3.63, 3.8) is 0 Å². The first-order chi connectivity index (χ1) is 8.58. The second-order valence-corrected chi connectivity index (χ2v) is 5.70. The highest BCUT2D eigenvalue weighted by atomic mass is 79.9. The number of nitrogens with zero attached hydrogens (tertiary/aromatic N) is 1. The average molecular weight is 315 g/mol. The molecule has 0 bridgehead atoms. The largest absolute Gasteiger partial charge is 0.384 e. The van der Waals surface area contributed by atoms with Crippen LogP contribution in [0.25, 0.3) is 0 Å². The molecule has 2 N–H and O–H groups in total. The summed E-state index contributed by atoms with van der Waals surface area (Å²) in [6.45, 7) is 4.47. The van der Waals surface area contributed by atoms with Crippen LogP contribution < -0.4 is 5.73 Å². The van der Waals surface area contributed by atoms with Crippen molar-refractivity contribution in [3.8, 4) is 0 Å². The predicted molar refractivity (Wildman–Crippen MR) is 79.5 cm³/mol. The highest BCUT2D eigenvalue weighted by Gasteiger charge is 2.20. The number of methoxy groups -OCH3 is 1. The molecule has 0 aliphatic rings. The maximum Gasteiger partial charge on any atom is 0.0503 e. The van der Waals surface area contributed by atoms with Gasteiger partial charge in [-0.1, -0.05) is 35.0 Å². The molecule has 4 heteroatoms. The van der Waals surface area contributed by atoms with Gasteiger partial charge in [0.05, 0.1) is 6.61 Å². The van der Waals surface area contributed by atoms with E-state index in [1.165, 1.54) is 5.56 Å². The lowest BCUT2D eigenvalue weighted by Crippen LogP contribution is -2.43. The third-order valence-corrected chi connectivity index (χ3v) is 3.71. The fourth-order valence-electron chi connectivity index (χ4n) is 2.26.